The average Bonchev–Trinajstić information content (AvgIpc) is 2.09. The Morgan fingerprint density at radius 1 is 1.00 bits per heavy atom. The lowest BCUT2D eigenvalue weighted by atomic mass is 10.3. The lowest BCUT2D eigenvalue weighted by Crippen LogP contribution is -2.11. The van der Waals surface area contributed by atoms with Crippen molar-refractivity contribution >= 4 is 0 Å². The fraction of sp³-hybridized carbons (Fsp3) is 0.500. The van der Waals surface area contributed by atoms with Gasteiger partial charge in [0, 0.05) is 13.1 Å². The van der Waals surface area contributed by atoms with Gasteiger partial charge in [0.25, 0.3) is 0 Å². The zero-order valence-electron chi connectivity index (χ0n) is 7.46. The van der Waals surface area contributed by atoms with E-state index in [1.165, 1.54) is 0 Å². The molecule has 0 saturated heterocycles. The Morgan fingerprint density at radius 3 is 1.67 bits per heavy atom. The van der Waals surface area contributed by atoms with Crippen molar-refractivity contribution in [3.63, 3.8) is 0 Å². The third kappa shape index (κ3) is 2.56. The minimum atomic E-state index is 0.771. The molecule has 0 atom stereocenters. The third-order valence-electron chi connectivity index (χ3n) is 1.49. The lowest BCUT2D eigenvalue weighted by molar-refractivity contribution is 0.727. The summed E-state index contributed by atoms with van der Waals surface area (Å²) in [5.74, 6) is 0. The van der Waals surface area contributed by atoms with Gasteiger partial charge in [0.2, 0.25) is 0 Å². The summed E-state index contributed by atoms with van der Waals surface area (Å²) in [4.78, 5) is 0. The van der Waals surface area contributed by atoms with E-state index in [1.54, 1.807) is 0 Å². The Morgan fingerprint density at radius 2 is 1.42 bits per heavy atom. The summed E-state index contributed by atoms with van der Waals surface area (Å²) < 4.78 is 0. The van der Waals surface area contributed by atoms with Gasteiger partial charge in [-0.25, -0.2) is 0 Å². The predicted octanol–water partition coefficient (Wildman–Crippen LogP) is -0.0846. The van der Waals surface area contributed by atoms with Crippen molar-refractivity contribution in [1.82, 2.24) is 20.8 Å². The van der Waals surface area contributed by atoms with Crippen molar-refractivity contribution in [3.05, 3.63) is 23.5 Å². The SMILES string of the molecule is CNCc1ccc(CNC)nn1. The van der Waals surface area contributed by atoms with Crippen LogP contribution in [-0.2, 0) is 13.1 Å². The first-order valence-electron chi connectivity index (χ1n) is 3.97. The smallest absolute Gasteiger partial charge is 0.0769 e. The molecule has 0 radical (unpaired) electrons. The Hall–Kier alpha value is -1.00. The Balaban J connectivity index is 2.58. The number of hydrogen-bond acceptors (Lipinski definition) is 4. The standard InChI is InChI=1S/C8H14N4/c1-9-5-7-3-4-8(6-10-2)12-11-7/h3-4,9-10H,5-6H2,1-2H3. The number of rotatable bonds is 4. The molecule has 1 heterocycles. The van der Waals surface area contributed by atoms with Crippen molar-refractivity contribution < 1.29 is 0 Å². The Bertz CT molecular complexity index is 194. The summed E-state index contributed by atoms with van der Waals surface area (Å²) >= 11 is 0. The van der Waals surface area contributed by atoms with Crippen LogP contribution in [0.5, 0.6) is 0 Å². The quantitative estimate of drug-likeness (QED) is 0.656. The van der Waals surface area contributed by atoms with E-state index < -0.39 is 0 Å². The molecule has 1 aromatic heterocycles. The highest BCUT2D eigenvalue weighted by Gasteiger charge is 1.94. The maximum absolute atomic E-state index is 4.03. The van der Waals surface area contributed by atoms with Crippen LogP contribution in [0.2, 0.25) is 0 Å². The molecule has 4 heteroatoms. The first kappa shape index (κ1) is 9.09. The summed E-state index contributed by atoms with van der Waals surface area (Å²) in [7, 11) is 3.78. The van der Waals surface area contributed by atoms with Gasteiger partial charge in [-0.2, -0.15) is 10.2 Å². The van der Waals surface area contributed by atoms with Crippen LogP contribution >= 0.6 is 0 Å². The summed E-state index contributed by atoms with van der Waals surface area (Å²) in [6.45, 7) is 1.54. The molecule has 1 aromatic rings. The molecule has 0 unspecified atom stereocenters. The highest BCUT2D eigenvalue weighted by Crippen LogP contribution is 1.95. The maximum Gasteiger partial charge on any atom is 0.0769 e. The van der Waals surface area contributed by atoms with Gasteiger partial charge in [-0.1, -0.05) is 0 Å². The monoisotopic (exact) mass is 166 g/mol. The number of nitrogens with one attached hydrogen (secondary N) is 2. The molecule has 0 aliphatic rings. The van der Waals surface area contributed by atoms with Crippen LogP contribution in [0.3, 0.4) is 0 Å². The van der Waals surface area contributed by atoms with Crippen molar-refractivity contribution in [1.29, 1.82) is 0 Å². The second kappa shape index (κ2) is 4.79. The summed E-state index contributed by atoms with van der Waals surface area (Å²) in [5.41, 5.74) is 1.94. The van der Waals surface area contributed by atoms with Crippen molar-refractivity contribution in [2.24, 2.45) is 0 Å². The van der Waals surface area contributed by atoms with Gasteiger partial charge in [-0.15, -0.1) is 0 Å². The fourth-order valence-corrected chi connectivity index (χ4v) is 0.938. The normalized spacial score (nSPS) is 10.2. The van der Waals surface area contributed by atoms with Crippen molar-refractivity contribution in [2.45, 2.75) is 13.1 Å². The second-order valence-electron chi connectivity index (χ2n) is 2.58. The van der Waals surface area contributed by atoms with Crippen molar-refractivity contribution in [3.8, 4) is 0 Å². The van der Waals surface area contributed by atoms with Crippen LogP contribution in [0, 0.1) is 0 Å². The van der Waals surface area contributed by atoms with E-state index in [4.69, 9.17) is 0 Å². The topological polar surface area (TPSA) is 49.8 Å². The first-order valence-corrected chi connectivity index (χ1v) is 3.97. The van der Waals surface area contributed by atoms with E-state index in [9.17, 15) is 0 Å². The van der Waals surface area contributed by atoms with Crippen LogP contribution in [0.25, 0.3) is 0 Å². The summed E-state index contributed by atoms with van der Waals surface area (Å²) in [6, 6.07) is 3.96. The lowest BCUT2D eigenvalue weighted by Gasteiger charge is -2.00. The maximum atomic E-state index is 4.03. The molecular formula is C8H14N4. The largest absolute Gasteiger partial charge is 0.314 e. The third-order valence-corrected chi connectivity index (χ3v) is 1.49. The molecule has 12 heavy (non-hydrogen) atoms. The minimum Gasteiger partial charge on any atom is -0.314 e. The van der Waals surface area contributed by atoms with Gasteiger partial charge in [-0.3, -0.25) is 0 Å². The molecule has 66 valence electrons. The van der Waals surface area contributed by atoms with Crippen LogP contribution in [-0.4, -0.2) is 24.3 Å². The van der Waals surface area contributed by atoms with Crippen LogP contribution in [0.4, 0.5) is 0 Å². The van der Waals surface area contributed by atoms with Gasteiger partial charge >= 0.3 is 0 Å². The van der Waals surface area contributed by atoms with E-state index in [-0.39, 0.29) is 0 Å². The molecule has 0 spiro atoms. The molecule has 0 aromatic carbocycles. The summed E-state index contributed by atoms with van der Waals surface area (Å²) in [5, 5.41) is 14.1. The molecule has 0 aliphatic carbocycles. The highest BCUT2D eigenvalue weighted by molar-refractivity contribution is 5.06. The molecule has 1 rings (SSSR count). The van der Waals surface area contributed by atoms with E-state index in [1.807, 2.05) is 26.2 Å². The summed E-state index contributed by atoms with van der Waals surface area (Å²) in [6.07, 6.45) is 0. The first-order chi connectivity index (χ1) is 5.86. The molecule has 0 fully saturated rings. The van der Waals surface area contributed by atoms with Crippen molar-refractivity contribution in [2.75, 3.05) is 14.1 Å². The van der Waals surface area contributed by atoms with E-state index >= 15 is 0 Å². The molecule has 0 bridgehead atoms. The minimum absolute atomic E-state index is 0.771. The van der Waals surface area contributed by atoms with E-state index in [0.717, 1.165) is 24.5 Å². The van der Waals surface area contributed by atoms with Crippen LogP contribution in [0.1, 0.15) is 11.4 Å². The van der Waals surface area contributed by atoms with Crippen LogP contribution < -0.4 is 10.6 Å². The van der Waals surface area contributed by atoms with E-state index in [2.05, 4.69) is 20.8 Å². The fourth-order valence-electron chi connectivity index (χ4n) is 0.938. The van der Waals surface area contributed by atoms with Gasteiger partial charge in [0.1, 0.15) is 0 Å². The zero-order chi connectivity index (χ0) is 8.81. The zero-order valence-corrected chi connectivity index (χ0v) is 7.46. The average molecular weight is 166 g/mol. The number of aromatic nitrogens is 2. The molecule has 2 N–H and O–H groups in total. The Kier molecular flexibility index (Phi) is 3.63. The molecule has 0 amide bonds. The Labute approximate surface area is 72.4 Å². The number of nitrogens with zero attached hydrogens (tertiary/aromatic N) is 2. The second-order valence-corrected chi connectivity index (χ2v) is 2.58. The highest BCUT2D eigenvalue weighted by atomic mass is 15.1. The molecule has 0 aliphatic heterocycles. The molecular weight excluding hydrogens is 152 g/mol. The van der Waals surface area contributed by atoms with Gasteiger partial charge < -0.3 is 10.6 Å². The number of hydrogen-bond donors (Lipinski definition) is 2. The van der Waals surface area contributed by atoms with Crippen LogP contribution in [0.15, 0.2) is 12.1 Å². The van der Waals surface area contributed by atoms with Gasteiger partial charge in [0.15, 0.2) is 0 Å². The van der Waals surface area contributed by atoms with E-state index in [0.29, 0.717) is 0 Å². The molecule has 0 saturated carbocycles. The van der Waals surface area contributed by atoms with Gasteiger partial charge in [0.05, 0.1) is 11.4 Å². The molecule has 4 nitrogen and oxygen atoms in total. The predicted molar refractivity (Wildman–Crippen MR) is 47.6 cm³/mol. The van der Waals surface area contributed by atoms with Gasteiger partial charge in [-0.05, 0) is 26.2 Å².